The molecule has 0 saturated heterocycles. The molecule has 0 aliphatic carbocycles. The predicted molar refractivity (Wildman–Crippen MR) is 91.4 cm³/mol. The van der Waals surface area contributed by atoms with Crippen molar-refractivity contribution < 1.29 is 0 Å². The van der Waals surface area contributed by atoms with E-state index in [-0.39, 0.29) is 12.1 Å². The molecule has 2 atom stereocenters. The average molecular weight is 291 g/mol. The van der Waals surface area contributed by atoms with Gasteiger partial charge in [-0.3, -0.25) is 5.32 Å². The maximum atomic E-state index is 5.70. The number of terminal acetylenes is 1. The Morgan fingerprint density at radius 3 is 2.62 bits per heavy atom. The minimum absolute atomic E-state index is 0.0426. The number of nitrogens with one attached hydrogen (secondary N) is 1. The van der Waals surface area contributed by atoms with Gasteiger partial charge in [0.2, 0.25) is 0 Å². The first-order chi connectivity index (χ1) is 10.3. The van der Waals surface area contributed by atoms with Gasteiger partial charge in [-0.2, -0.15) is 0 Å². The highest BCUT2D eigenvalue weighted by Gasteiger charge is 2.15. The molecule has 1 N–H and O–H groups in total. The van der Waals surface area contributed by atoms with E-state index in [1.54, 1.807) is 11.3 Å². The molecule has 104 valence electrons. The smallest absolute Gasteiger partial charge is 0.104 e. The minimum atomic E-state index is -0.0426. The van der Waals surface area contributed by atoms with Crippen molar-refractivity contribution in [3.05, 3.63) is 70.4 Å². The van der Waals surface area contributed by atoms with Gasteiger partial charge >= 0.3 is 0 Å². The normalized spacial score (nSPS) is 13.7. The predicted octanol–water partition coefficient (Wildman–Crippen LogP) is 4.93. The third-order valence-corrected chi connectivity index (χ3v) is 4.64. The van der Waals surface area contributed by atoms with Crippen LogP contribution in [0.1, 0.15) is 29.4 Å². The summed E-state index contributed by atoms with van der Waals surface area (Å²) in [5, 5.41) is 8.15. The van der Waals surface area contributed by atoms with Crippen LogP contribution in [0.4, 0.5) is 0 Å². The van der Waals surface area contributed by atoms with E-state index in [9.17, 15) is 0 Å². The molecule has 2 unspecified atom stereocenters. The van der Waals surface area contributed by atoms with Crippen LogP contribution in [-0.2, 0) is 0 Å². The largest absolute Gasteiger partial charge is 0.293 e. The lowest BCUT2D eigenvalue weighted by Gasteiger charge is -2.20. The standard InChI is InChI=1S/C19H17NS/c1-3-18(19-12-7-13-21-19)20-14(2)16-11-6-9-15-8-4-5-10-17(15)16/h1,4-14,18,20H,2H3. The summed E-state index contributed by atoms with van der Waals surface area (Å²) in [6, 6.07) is 19.1. The monoisotopic (exact) mass is 291 g/mol. The van der Waals surface area contributed by atoms with Gasteiger partial charge in [-0.05, 0) is 34.7 Å². The van der Waals surface area contributed by atoms with Crippen LogP contribution in [0.15, 0.2) is 60.0 Å². The van der Waals surface area contributed by atoms with Crippen molar-refractivity contribution in [2.24, 2.45) is 0 Å². The highest BCUT2D eigenvalue weighted by atomic mass is 32.1. The van der Waals surface area contributed by atoms with Crippen LogP contribution in [-0.4, -0.2) is 0 Å². The zero-order chi connectivity index (χ0) is 14.7. The molecular weight excluding hydrogens is 274 g/mol. The minimum Gasteiger partial charge on any atom is -0.293 e. The topological polar surface area (TPSA) is 12.0 Å². The number of rotatable bonds is 4. The lowest BCUT2D eigenvalue weighted by atomic mass is 9.99. The molecule has 2 aromatic carbocycles. The maximum Gasteiger partial charge on any atom is 0.104 e. The molecule has 0 fully saturated rings. The lowest BCUT2D eigenvalue weighted by Crippen LogP contribution is -2.23. The van der Waals surface area contributed by atoms with Gasteiger partial charge in [-0.25, -0.2) is 0 Å². The molecule has 0 aliphatic rings. The van der Waals surface area contributed by atoms with Gasteiger partial charge < -0.3 is 0 Å². The van der Waals surface area contributed by atoms with E-state index in [4.69, 9.17) is 6.42 Å². The fraction of sp³-hybridized carbons (Fsp3) is 0.158. The molecular formula is C19H17NS. The van der Waals surface area contributed by atoms with Crippen molar-refractivity contribution in [2.45, 2.75) is 19.0 Å². The van der Waals surface area contributed by atoms with Crippen molar-refractivity contribution in [3.63, 3.8) is 0 Å². The van der Waals surface area contributed by atoms with Crippen molar-refractivity contribution in [3.8, 4) is 12.3 Å². The highest BCUT2D eigenvalue weighted by molar-refractivity contribution is 7.10. The lowest BCUT2D eigenvalue weighted by molar-refractivity contribution is 0.545. The summed E-state index contributed by atoms with van der Waals surface area (Å²) in [6.07, 6.45) is 5.70. The number of thiophene rings is 1. The van der Waals surface area contributed by atoms with E-state index in [0.29, 0.717) is 0 Å². The SMILES string of the molecule is C#CC(NC(C)c1cccc2ccccc12)c1cccs1. The summed E-state index contributed by atoms with van der Waals surface area (Å²) >= 11 is 1.69. The number of hydrogen-bond donors (Lipinski definition) is 1. The summed E-state index contributed by atoms with van der Waals surface area (Å²) in [5.74, 6) is 2.85. The second-order valence-corrected chi connectivity index (χ2v) is 6.05. The Morgan fingerprint density at radius 2 is 1.86 bits per heavy atom. The van der Waals surface area contributed by atoms with Crippen LogP contribution in [0.3, 0.4) is 0 Å². The molecule has 21 heavy (non-hydrogen) atoms. The number of benzene rings is 2. The van der Waals surface area contributed by atoms with Crippen LogP contribution >= 0.6 is 11.3 Å². The number of hydrogen-bond acceptors (Lipinski definition) is 2. The van der Waals surface area contributed by atoms with Crippen molar-refractivity contribution in [1.82, 2.24) is 5.32 Å². The van der Waals surface area contributed by atoms with Gasteiger partial charge in [0.25, 0.3) is 0 Å². The van der Waals surface area contributed by atoms with Gasteiger partial charge in [-0.1, -0.05) is 54.5 Å². The Kier molecular flexibility index (Phi) is 4.06. The van der Waals surface area contributed by atoms with Crippen LogP contribution in [0.5, 0.6) is 0 Å². The van der Waals surface area contributed by atoms with E-state index in [0.717, 1.165) is 0 Å². The fourth-order valence-corrected chi connectivity index (χ4v) is 3.38. The summed E-state index contributed by atoms with van der Waals surface area (Å²) < 4.78 is 0. The van der Waals surface area contributed by atoms with Gasteiger partial charge in [-0.15, -0.1) is 17.8 Å². The van der Waals surface area contributed by atoms with Gasteiger partial charge in [0.05, 0.1) is 0 Å². The first-order valence-corrected chi connectivity index (χ1v) is 7.91. The van der Waals surface area contributed by atoms with Crippen molar-refractivity contribution >= 4 is 22.1 Å². The van der Waals surface area contributed by atoms with E-state index in [1.807, 2.05) is 6.07 Å². The van der Waals surface area contributed by atoms with Gasteiger partial charge in [0, 0.05) is 10.9 Å². The van der Waals surface area contributed by atoms with Crippen molar-refractivity contribution in [1.29, 1.82) is 0 Å². The van der Waals surface area contributed by atoms with Crippen LogP contribution < -0.4 is 5.32 Å². The zero-order valence-electron chi connectivity index (χ0n) is 11.9. The Balaban J connectivity index is 1.91. The van der Waals surface area contributed by atoms with E-state index < -0.39 is 0 Å². The quantitative estimate of drug-likeness (QED) is 0.672. The molecule has 0 radical (unpaired) electrons. The van der Waals surface area contributed by atoms with E-state index in [2.05, 4.69) is 72.1 Å². The van der Waals surface area contributed by atoms with Gasteiger partial charge in [0.1, 0.15) is 6.04 Å². The van der Waals surface area contributed by atoms with Crippen molar-refractivity contribution in [2.75, 3.05) is 0 Å². The summed E-state index contributed by atoms with van der Waals surface area (Å²) in [5.41, 5.74) is 1.28. The first-order valence-electron chi connectivity index (χ1n) is 7.03. The van der Waals surface area contributed by atoms with E-state index >= 15 is 0 Å². The molecule has 2 heteroatoms. The summed E-state index contributed by atoms with van der Waals surface area (Å²) in [7, 11) is 0. The highest BCUT2D eigenvalue weighted by Crippen LogP contribution is 2.27. The molecule has 3 aromatic rings. The molecule has 0 saturated carbocycles. The van der Waals surface area contributed by atoms with Crippen LogP contribution in [0, 0.1) is 12.3 Å². The fourth-order valence-electron chi connectivity index (χ4n) is 2.64. The Labute approximate surface area is 129 Å². The maximum absolute atomic E-state index is 5.70. The Hall–Kier alpha value is -2.08. The number of fused-ring (bicyclic) bond motifs is 1. The molecule has 1 aromatic heterocycles. The second-order valence-electron chi connectivity index (χ2n) is 5.07. The molecule has 1 heterocycles. The molecule has 0 amide bonds. The van der Waals surface area contributed by atoms with Gasteiger partial charge in [0.15, 0.2) is 0 Å². The summed E-state index contributed by atoms with van der Waals surface area (Å²) in [4.78, 5) is 1.18. The summed E-state index contributed by atoms with van der Waals surface area (Å²) in [6.45, 7) is 2.17. The Morgan fingerprint density at radius 1 is 1.05 bits per heavy atom. The molecule has 1 nitrogen and oxygen atoms in total. The molecule has 0 bridgehead atoms. The second kappa shape index (κ2) is 6.13. The molecule has 3 rings (SSSR count). The first kappa shape index (κ1) is 13.9. The van der Waals surface area contributed by atoms with Crippen LogP contribution in [0.2, 0.25) is 0 Å². The Bertz CT molecular complexity index is 762. The van der Waals surface area contributed by atoms with Crippen LogP contribution in [0.25, 0.3) is 10.8 Å². The average Bonchev–Trinajstić information content (AvgIpc) is 3.06. The zero-order valence-corrected chi connectivity index (χ0v) is 12.7. The molecule has 0 spiro atoms. The van der Waals surface area contributed by atoms with E-state index in [1.165, 1.54) is 21.2 Å². The third-order valence-electron chi connectivity index (χ3n) is 3.70. The third kappa shape index (κ3) is 2.85. The molecule has 0 aliphatic heterocycles.